The van der Waals surface area contributed by atoms with E-state index in [4.69, 9.17) is 9.47 Å². The van der Waals surface area contributed by atoms with Crippen LogP contribution in [-0.4, -0.2) is 35.4 Å². The zero-order valence-corrected chi connectivity index (χ0v) is 20.1. The van der Waals surface area contributed by atoms with E-state index >= 15 is 0 Å². The van der Waals surface area contributed by atoms with Gasteiger partial charge in [0, 0.05) is 0 Å². The molecule has 0 spiro atoms. The number of esters is 2. The van der Waals surface area contributed by atoms with Crippen LogP contribution in [0.25, 0.3) is 6.08 Å². The lowest BCUT2D eigenvalue weighted by atomic mass is 10.0. The smallest absolute Gasteiger partial charge is 0.345 e. The molecule has 2 unspecified atom stereocenters. The molecule has 6 nitrogen and oxygen atoms in total. The number of unbranched alkanes of at least 4 members (excludes halogenated alkanes) is 2. The first-order valence-electron chi connectivity index (χ1n) is 11.9. The normalized spacial score (nSPS) is 12.6. The van der Waals surface area contributed by atoms with Crippen molar-refractivity contribution in [2.75, 3.05) is 13.2 Å². The predicted molar refractivity (Wildman–Crippen MR) is 126 cm³/mol. The summed E-state index contributed by atoms with van der Waals surface area (Å²) in [6.07, 6.45) is 9.30. The van der Waals surface area contributed by atoms with Gasteiger partial charge in [0.1, 0.15) is 5.57 Å². The quantitative estimate of drug-likeness (QED) is 0.112. The summed E-state index contributed by atoms with van der Waals surface area (Å²) in [6.45, 7) is 8.84. The monoisotopic (exact) mass is 448 g/mol. The van der Waals surface area contributed by atoms with Crippen LogP contribution < -0.4 is 0 Å². The molecule has 0 fully saturated rings. The Bertz CT molecular complexity index is 706. The SMILES string of the molecule is CCCCC(CC)COC(=O)C(=Cc1ccc(O)c(O)c1)C(=O)OCC(CC)CCCC. The van der Waals surface area contributed by atoms with Crippen LogP contribution in [0, 0.1) is 11.8 Å². The van der Waals surface area contributed by atoms with Crippen molar-refractivity contribution in [2.45, 2.75) is 79.1 Å². The average Bonchev–Trinajstić information content (AvgIpc) is 2.79. The highest BCUT2D eigenvalue weighted by molar-refractivity contribution is 6.17. The molecular formula is C26H40O6. The number of ether oxygens (including phenoxy) is 2. The molecule has 32 heavy (non-hydrogen) atoms. The summed E-state index contributed by atoms with van der Waals surface area (Å²) in [5, 5.41) is 19.3. The number of phenolic OH excluding ortho intramolecular Hbond substituents is 2. The minimum Gasteiger partial charge on any atom is -0.504 e. The molecule has 0 aromatic heterocycles. The van der Waals surface area contributed by atoms with Gasteiger partial charge in [-0.3, -0.25) is 0 Å². The van der Waals surface area contributed by atoms with E-state index < -0.39 is 11.9 Å². The maximum Gasteiger partial charge on any atom is 0.345 e. The maximum atomic E-state index is 12.8. The zero-order chi connectivity index (χ0) is 23.9. The van der Waals surface area contributed by atoms with Gasteiger partial charge >= 0.3 is 11.9 Å². The second-order valence-corrected chi connectivity index (χ2v) is 8.34. The third-order valence-electron chi connectivity index (χ3n) is 5.74. The van der Waals surface area contributed by atoms with Gasteiger partial charge in [0.2, 0.25) is 0 Å². The standard InChI is InChI=1S/C26H40O6/c1-5-9-11-19(7-3)17-31-25(29)22(15-21-13-14-23(27)24(28)16-21)26(30)32-18-20(8-4)12-10-6-2/h13-16,19-20,27-28H,5-12,17-18H2,1-4H3. The first-order valence-corrected chi connectivity index (χ1v) is 11.9. The van der Waals surface area contributed by atoms with E-state index in [2.05, 4.69) is 27.7 Å². The maximum absolute atomic E-state index is 12.8. The zero-order valence-electron chi connectivity index (χ0n) is 20.1. The largest absolute Gasteiger partial charge is 0.504 e. The van der Waals surface area contributed by atoms with Gasteiger partial charge in [-0.05, 0) is 48.4 Å². The fourth-order valence-electron chi connectivity index (χ4n) is 3.34. The predicted octanol–water partition coefficient (Wildman–Crippen LogP) is 6.00. The lowest BCUT2D eigenvalue weighted by Crippen LogP contribution is -2.23. The van der Waals surface area contributed by atoms with Gasteiger partial charge < -0.3 is 19.7 Å². The summed E-state index contributed by atoms with van der Waals surface area (Å²) in [5.41, 5.74) is 0.172. The molecule has 0 amide bonds. The van der Waals surface area contributed by atoms with Gasteiger partial charge in [-0.15, -0.1) is 0 Å². The number of benzene rings is 1. The summed E-state index contributed by atoms with van der Waals surface area (Å²) in [6, 6.07) is 4.08. The van der Waals surface area contributed by atoms with Crippen molar-refractivity contribution in [3.63, 3.8) is 0 Å². The Morgan fingerprint density at radius 3 is 1.75 bits per heavy atom. The lowest BCUT2D eigenvalue weighted by molar-refractivity contribution is -0.148. The Labute approximate surface area is 192 Å². The number of carbonyl (C=O) groups is 2. The van der Waals surface area contributed by atoms with Crippen LogP contribution in [0.5, 0.6) is 11.5 Å². The third-order valence-corrected chi connectivity index (χ3v) is 5.74. The van der Waals surface area contributed by atoms with Crippen LogP contribution in [0.3, 0.4) is 0 Å². The molecule has 6 heteroatoms. The molecule has 0 aliphatic rings. The molecule has 0 radical (unpaired) electrons. The molecule has 1 aromatic rings. The van der Waals surface area contributed by atoms with Crippen LogP contribution >= 0.6 is 0 Å². The van der Waals surface area contributed by atoms with Crippen LogP contribution in [0.1, 0.15) is 84.6 Å². The Morgan fingerprint density at radius 1 is 0.844 bits per heavy atom. The molecule has 0 aliphatic heterocycles. The molecule has 2 atom stereocenters. The fraction of sp³-hybridized carbons (Fsp3) is 0.615. The van der Waals surface area contributed by atoms with Crippen molar-refractivity contribution in [1.29, 1.82) is 0 Å². The number of rotatable bonds is 15. The fourth-order valence-corrected chi connectivity index (χ4v) is 3.34. The van der Waals surface area contributed by atoms with E-state index in [9.17, 15) is 19.8 Å². The van der Waals surface area contributed by atoms with Crippen LogP contribution in [-0.2, 0) is 19.1 Å². The Hall–Kier alpha value is -2.50. The molecule has 0 aliphatic carbocycles. The van der Waals surface area contributed by atoms with Gasteiger partial charge in [0.05, 0.1) is 13.2 Å². The highest BCUT2D eigenvalue weighted by atomic mass is 16.6. The van der Waals surface area contributed by atoms with E-state index in [0.717, 1.165) is 51.4 Å². The highest BCUT2D eigenvalue weighted by Crippen LogP contribution is 2.26. The number of hydrogen-bond acceptors (Lipinski definition) is 6. The summed E-state index contributed by atoms with van der Waals surface area (Å²) < 4.78 is 11.0. The molecule has 1 rings (SSSR count). The van der Waals surface area contributed by atoms with Crippen LogP contribution in [0.2, 0.25) is 0 Å². The number of aromatic hydroxyl groups is 2. The Balaban J connectivity index is 2.99. The van der Waals surface area contributed by atoms with Crippen LogP contribution in [0.15, 0.2) is 23.8 Å². The molecular weight excluding hydrogens is 408 g/mol. The van der Waals surface area contributed by atoms with E-state index in [1.165, 1.54) is 24.3 Å². The van der Waals surface area contributed by atoms with Crippen molar-refractivity contribution in [3.05, 3.63) is 29.3 Å². The second-order valence-electron chi connectivity index (χ2n) is 8.34. The van der Waals surface area contributed by atoms with E-state index in [-0.39, 0.29) is 42.1 Å². The summed E-state index contributed by atoms with van der Waals surface area (Å²) >= 11 is 0. The first kappa shape index (κ1) is 27.5. The van der Waals surface area contributed by atoms with Crippen molar-refractivity contribution in [3.8, 4) is 11.5 Å². The third kappa shape index (κ3) is 9.75. The van der Waals surface area contributed by atoms with Gasteiger partial charge in [-0.2, -0.15) is 0 Å². The Morgan fingerprint density at radius 2 is 1.34 bits per heavy atom. The molecule has 0 bridgehead atoms. The second kappa shape index (κ2) is 15.3. The van der Waals surface area contributed by atoms with Gasteiger partial charge in [0.25, 0.3) is 0 Å². The van der Waals surface area contributed by atoms with Crippen molar-refractivity contribution < 1.29 is 29.3 Å². The lowest BCUT2D eigenvalue weighted by Gasteiger charge is -2.17. The molecule has 0 saturated heterocycles. The molecule has 2 N–H and O–H groups in total. The molecule has 180 valence electrons. The summed E-state index contributed by atoms with van der Waals surface area (Å²) in [5.74, 6) is -1.61. The number of phenols is 2. The highest BCUT2D eigenvalue weighted by Gasteiger charge is 2.24. The minimum atomic E-state index is -0.737. The van der Waals surface area contributed by atoms with Gasteiger partial charge in [-0.1, -0.05) is 72.3 Å². The molecule has 0 saturated carbocycles. The minimum absolute atomic E-state index is 0.217. The first-order chi connectivity index (χ1) is 15.4. The van der Waals surface area contributed by atoms with Crippen molar-refractivity contribution in [2.24, 2.45) is 11.8 Å². The molecule has 1 aromatic carbocycles. The van der Waals surface area contributed by atoms with Crippen molar-refractivity contribution >= 4 is 18.0 Å². The Kier molecular flexibility index (Phi) is 13.2. The topological polar surface area (TPSA) is 93.1 Å². The van der Waals surface area contributed by atoms with E-state index in [1.807, 2.05) is 0 Å². The van der Waals surface area contributed by atoms with Gasteiger partial charge in [-0.25, -0.2) is 9.59 Å². The molecule has 0 heterocycles. The van der Waals surface area contributed by atoms with E-state index in [1.54, 1.807) is 0 Å². The summed E-state index contributed by atoms with van der Waals surface area (Å²) in [4.78, 5) is 25.6. The van der Waals surface area contributed by atoms with Crippen molar-refractivity contribution in [1.82, 2.24) is 0 Å². The average molecular weight is 449 g/mol. The number of hydrogen-bond donors (Lipinski definition) is 2. The summed E-state index contributed by atoms with van der Waals surface area (Å²) in [7, 11) is 0. The number of carbonyl (C=O) groups excluding carboxylic acids is 2. The van der Waals surface area contributed by atoms with E-state index in [0.29, 0.717) is 5.56 Å². The van der Waals surface area contributed by atoms with Crippen LogP contribution in [0.4, 0.5) is 0 Å². The van der Waals surface area contributed by atoms with Gasteiger partial charge in [0.15, 0.2) is 11.5 Å².